The van der Waals surface area contributed by atoms with Crippen LogP contribution in [0.15, 0.2) is 24.3 Å². The Bertz CT molecular complexity index is 918. The van der Waals surface area contributed by atoms with Gasteiger partial charge in [-0.2, -0.15) is 0 Å². The second-order valence-corrected chi connectivity index (χ2v) is 8.67. The van der Waals surface area contributed by atoms with E-state index < -0.39 is 5.60 Å². The predicted octanol–water partition coefficient (Wildman–Crippen LogP) is 2.86. The molecule has 0 atom stereocenters. The summed E-state index contributed by atoms with van der Waals surface area (Å²) >= 11 is 0. The van der Waals surface area contributed by atoms with E-state index in [0.29, 0.717) is 44.2 Å². The maximum absolute atomic E-state index is 12.6. The molecule has 0 unspecified atom stereocenters. The van der Waals surface area contributed by atoms with Crippen LogP contribution in [0.5, 0.6) is 0 Å². The molecule has 3 heterocycles. The third-order valence-corrected chi connectivity index (χ3v) is 5.17. The van der Waals surface area contributed by atoms with Crippen LogP contribution in [0.2, 0.25) is 0 Å². The van der Waals surface area contributed by atoms with E-state index in [4.69, 9.17) is 25.2 Å². The molecule has 160 valence electrons. The second-order valence-electron chi connectivity index (χ2n) is 8.67. The van der Waals surface area contributed by atoms with Gasteiger partial charge >= 0.3 is 6.09 Å². The molecule has 0 spiro atoms. The normalized spacial score (nSPS) is 16.9. The number of anilines is 2. The molecular formula is C22H29N5O3. The van der Waals surface area contributed by atoms with Crippen LogP contribution in [0, 0.1) is 0 Å². The number of benzene rings is 1. The van der Waals surface area contributed by atoms with Gasteiger partial charge in [-0.25, -0.2) is 14.8 Å². The van der Waals surface area contributed by atoms with Gasteiger partial charge in [-0.3, -0.25) is 0 Å². The van der Waals surface area contributed by atoms with Crippen LogP contribution in [-0.4, -0.2) is 59.4 Å². The number of nitrogen functional groups attached to an aromatic ring is 1. The first-order valence-corrected chi connectivity index (χ1v) is 10.4. The Balaban J connectivity index is 1.70. The molecule has 30 heavy (non-hydrogen) atoms. The number of nitrogens with zero attached hydrogens (tertiary/aromatic N) is 4. The SMILES string of the molecule is CC(C)(C)OC(=O)N1CCc2nc(-c3ccc(N)cc3)nc(N3CCOCC3)c2C1. The number of fused-ring (bicyclic) bond motifs is 1. The van der Waals surface area contributed by atoms with E-state index in [-0.39, 0.29) is 6.09 Å². The Hall–Kier alpha value is -2.87. The molecule has 2 aliphatic heterocycles. The highest BCUT2D eigenvalue weighted by atomic mass is 16.6. The maximum atomic E-state index is 12.6. The highest BCUT2D eigenvalue weighted by Gasteiger charge is 2.30. The Labute approximate surface area is 177 Å². The summed E-state index contributed by atoms with van der Waals surface area (Å²) in [5.74, 6) is 1.56. The molecule has 0 saturated carbocycles. The number of morpholine rings is 1. The minimum absolute atomic E-state index is 0.302. The number of rotatable bonds is 2. The van der Waals surface area contributed by atoms with Gasteiger partial charge in [0.05, 0.1) is 25.5 Å². The lowest BCUT2D eigenvalue weighted by Crippen LogP contribution is -2.42. The van der Waals surface area contributed by atoms with Crippen LogP contribution in [0.25, 0.3) is 11.4 Å². The summed E-state index contributed by atoms with van der Waals surface area (Å²) < 4.78 is 11.1. The van der Waals surface area contributed by atoms with Crippen LogP contribution < -0.4 is 10.6 Å². The second kappa shape index (κ2) is 8.10. The van der Waals surface area contributed by atoms with E-state index >= 15 is 0 Å². The van der Waals surface area contributed by atoms with Crippen LogP contribution in [0.1, 0.15) is 32.0 Å². The van der Waals surface area contributed by atoms with E-state index in [0.717, 1.165) is 35.7 Å². The summed E-state index contributed by atoms with van der Waals surface area (Å²) in [6, 6.07) is 7.60. The van der Waals surface area contributed by atoms with E-state index in [1.165, 1.54) is 0 Å². The molecule has 0 aliphatic carbocycles. The molecule has 1 aromatic heterocycles. The summed E-state index contributed by atoms with van der Waals surface area (Å²) in [6.45, 7) is 9.49. The average molecular weight is 412 g/mol. The first-order valence-electron chi connectivity index (χ1n) is 10.4. The van der Waals surface area contributed by atoms with Gasteiger partial charge in [-0.15, -0.1) is 0 Å². The van der Waals surface area contributed by atoms with Crippen molar-refractivity contribution >= 4 is 17.6 Å². The number of ether oxygens (including phenoxy) is 2. The van der Waals surface area contributed by atoms with Crippen molar-refractivity contribution in [3.63, 3.8) is 0 Å². The van der Waals surface area contributed by atoms with Crippen molar-refractivity contribution in [2.45, 2.75) is 39.3 Å². The number of carbonyl (C=O) groups excluding carboxylic acids is 1. The molecule has 1 aromatic carbocycles. The topological polar surface area (TPSA) is 93.8 Å². The molecule has 2 N–H and O–H groups in total. The van der Waals surface area contributed by atoms with E-state index in [1.54, 1.807) is 4.90 Å². The van der Waals surface area contributed by atoms with Gasteiger partial charge in [-0.05, 0) is 45.0 Å². The Morgan fingerprint density at radius 3 is 2.47 bits per heavy atom. The predicted molar refractivity (Wildman–Crippen MR) is 115 cm³/mol. The number of hydrogen-bond acceptors (Lipinski definition) is 7. The van der Waals surface area contributed by atoms with Crippen LogP contribution >= 0.6 is 0 Å². The Kier molecular flexibility index (Phi) is 5.51. The summed E-state index contributed by atoms with van der Waals surface area (Å²) in [6.07, 6.45) is 0.361. The molecule has 1 fully saturated rings. The lowest BCUT2D eigenvalue weighted by atomic mass is 10.0. The zero-order valence-corrected chi connectivity index (χ0v) is 17.9. The fraction of sp³-hybridized carbons (Fsp3) is 0.500. The van der Waals surface area contributed by atoms with Crippen LogP contribution in [0.4, 0.5) is 16.3 Å². The quantitative estimate of drug-likeness (QED) is 0.760. The zero-order chi connectivity index (χ0) is 21.3. The van der Waals surface area contributed by atoms with Crippen LogP contribution in [0.3, 0.4) is 0 Å². The van der Waals surface area contributed by atoms with Gasteiger partial charge in [0.2, 0.25) is 0 Å². The van der Waals surface area contributed by atoms with Crippen molar-refractivity contribution in [3.05, 3.63) is 35.5 Å². The van der Waals surface area contributed by atoms with Crippen molar-refractivity contribution in [3.8, 4) is 11.4 Å². The minimum atomic E-state index is -0.528. The third kappa shape index (κ3) is 4.48. The maximum Gasteiger partial charge on any atom is 0.410 e. The van der Waals surface area contributed by atoms with Crippen molar-refractivity contribution in [2.75, 3.05) is 43.5 Å². The summed E-state index contributed by atoms with van der Waals surface area (Å²) in [5.41, 5.74) is 8.92. The van der Waals surface area contributed by atoms with Gasteiger partial charge in [-0.1, -0.05) is 0 Å². The lowest BCUT2D eigenvalue weighted by molar-refractivity contribution is 0.0222. The third-order valence-electron chi connectivity index (χ3n) is 5.17. The standard InChI is InChI=1S/C22H29N5O3/c1-22(2,3)30-21(28)27-9-8-18-17(14-27)20(26-10-12-29-13-11-26)25-19(24-18)15-4-6-16(23)7-5-15/h4-7H,8-14,23H2,1-3H3. The van der Waals surface area contributed by atoms with Crippen LogP contribution in [-0.2, 0) is 22.4 Å². The van der Waals surface area contributed by atoms with E-state index in [1.807, 2.05) is 45.0 Å². The molecule has 1 saturated heterocycles. The molecule has 2 aromatic rings. The Morgan fingerprint density at radius 2 is 1.80 bits per heavy atom. The van der Waals surface area contributed by atoms with Gasteiger partial charge in [0.25, 0.3) is 0 Å². The molecular weight excluding hydrogens is 382 g/mol. The van der Waals surface area contributed by atoms with Gasteiger partial charge in [0.15, 0.2) is 5.82 Å². The molecule has 4 rings (SSSR count). The number of amides is 1. The molecule has 8 heteroatoms. The molecule has 0 bridgehead atoms. The molecule has 0 radical (unpaired) electrons. The minimum Gasteiger partial charge on any atom is -0.444 e. The number of aromatic nitrogens is 2. The largest absolute Gasteiger partial charge is 0.444 e. The van der Waals surface area contributed by atoms with Crippen molar-refractivity contribution in [1.82, 2.24) is 14.9 Å². The molecule has 2 aliphatic rings. The summed E-state index contributed by atoms with van der Waals surface area (Å²) in [4.78, 5) is 26.4. The van der Waals surface area contributed by atoms with Gasteiger partial charge in [0, 0.05) is 42.9 Å². The fourth-order valence-electron chi connectivity index (χ4n) is 3.68. The number of nitrogens with two attached hydrogens (primary N) is 1. The van der Waals surface area contributed by atoms with Crippen molar-refractivity contribution in [2.24, 2.45) is 0 Å². The fourth-order valence-corrected chi connectivity index (χ4v) is 3.68. The van der Waals surface area contributed by atoms with E-state index in [9.17, 15) is 4.79 Å². The lowest BCUT2D eigenvalue weighted by Gasteiger charge is -2.35. The zero-order valence-electron chi connectivity index (χ0n) is 17.9. The average Bonchev–Trinajstić information content (AvgIpc) is 2.72. The monoisotopic (exact) mass is 411 g/mol. The van der Waals surface area contributed by atoms with E-state index in [2.05, 4.69) is 4.90 Å². The summed E-state index contributed by atoms with van der Waals surface area (Å²) in [5, 5.41) is 0. The first-order chi connectivity index (χ1) is 14.3. The Morgan fingerprint density at radius 1 is 1.10 bits per heavy atom. The number of carbonyl (C=O) groups is 1. The molecule has 1 amide bonds. The van der Waals surface area contributed by atoms with Gasteiger partial charge < -0.3 is 25.0 Å². The first kappa shape index (κ1) is 20.4. The smallest absolute Gasteiger partial charge is 0.410 e. The molecule has 8 nitrogen and oxygen atoms in total. The van der Waals surface area contributed by atoms with Crippen molar-refractivity contribution in [1.29, 1.82) is 0 Å². The van der Waals surface area contributed by atoms with Gasteiger partial charge in [0.1, 0.15) is 11.4 Å². The number of hydrogen-bond donors (Lipinski definition) is 1. The van der Waals surface area contributed by atoms with Crippen molar-refractivity contribution < 1.29 is 14.3 Å². The highest BCUT2D eigenvalue weighted by Crippen LogP contribution is 2.31. The summed E-state index contributed by atoms with van der Waals surface area (Å²) in [7, 11) is 0. The highest BCUT2D eigenvalue weighted by molar-refractivity contribution is 5.70.